The van der Waals surface area contributed by atoms with Gasteiger partial charge in [0.2, 0.25) is 0 Å². The minimum Gasteiger partial charge on any atom is -0.478 e. The smallest absolute Gasteiger partial charge is 0.337 e. The zero-order valence-electron chi connectivity index (χ0n) is 11.5. The highest BCUT2D eigenvalue weighted by Crippen LogP contribution is 2.21. The molecule has 0 fully saturated rings. The number of hydrogen-bond acceptors (Lipinski definition) is 3. The average molecular weight is 273 g/mol. The molecule has 6 nitrogen and oxygen atoms in total. The third-order valence-electron chi connectivity index (χ3n) is 3.04. The number of para-hydroxylation sites is 1. The SMILES string of the molecule is Cc1nn(C)cc1C(=O)N(C)c1ccccc1C(=O)O. The summed E-state index contributed by atoms with van der Waals surface area (Å²) in [4.78, 5) is 25.0. The van der Waals surface area contributed by atoms with E-state index in [1.54, 1.807) is 50.1 Å². The molecule has 6 heteroatoms. The van der Waals surface area contributed by atoms with Crippen LogP contribution in [0.3, 0.4) is 0 Å². The largest absolute Gasteiger partial charge is 0.478 e. The van der Waals surface area contributed by atoms with Gasteiger partial charge in [-0.05, 0) is 19.1 Å². The number of hydrogen-bond donors (Lipinski definition) is 1. The van der Waals surface area contributed by atoms with E-state index >= 15 is 0 Å². The fourth-order valence-corrected chi connectivity index (χ4v) is 2.05. The molecule has 0 aliphatic rings. The molecule has 104 valence electrons. The van der Waals surface area contributed by atoms with E-state index in [-0.39, 0.29) is 11.5 Å². The zero-order chi connectivity index (χ0) is 14.9. The number of carbonyl (C=O) groups is 2. The van der Waals surface area contributed by atoms with Crippen LogP contribution in [0.25, 0.3) is 0 Å². The third kappa shape index (κ3) is 2.40. The Bertz CT molecular complexity index is 676. The predicted octanol–water partition coefficient (Wildman–Crippen LogP) is 1.70. The zero-order valence-corrected chi connectivity index (χ0v) is 11.5. The lowest BCUT2D eigenvalue weighted by Gasteiger charge is -2.18. The molecule has 1 aromatic heterocycles. The van der Waals surface area contributed by atoms with Gasteiger partial charge in [0.25, 0.3) is 5.91 Å². The van der Waals surface area contributed by atoms with Gasteiger partial charge in [-0.15, -0.1) is 0 Å². The summed E-state index contributed by atoms with van der Waals surface area (Å²) in [5.74, 6) is -1.35. The molecule has 0 atom stereocenters. The molecule has 1 aromatic carbocycles. The fraction of sp³-hybridized carbons (Fsp3) is 0.214. The van der Waals surface area contributed by atoms with Gasteiger partial charge in [-0.1, -0.05) is 12.1 Å². The molecule has 0 aliphatic carbocycles. The van der Waals surface area contributed by atoms with Crippen molar-refractivity contribution in [3.63, 3.8) is 0 Å². The highest BCUT2D eigenvalue weighted by molar-refractivity contribution is 6.09. The van der Waals surface area contributed by atoms with Gasteiger partial charge in [-0.3, -0.25) is 9.48 Å². The molecule has 2 aromatic rings. The van der Waals surface area contributed by atoms with Crippen molar-refractivity contribution in [1.82, 2.24) is 9.78 Å². The van der Waals surface area contributed by atoms with Crippen molar-refractivity contribution in [2.75, 3.05) is 11.9 Å². The van der Waals surface area contributed by atoms with Crippen LogP contribution in [0.4, 0.5) is 5.69 Å². The third-order valence-corrected chi connectivity index (χ3v) is 3.04. The molecule has 0 radical (unpaired) electrons. The van der Waals surface area contributed by atoms with E-state index in [9.17, 15) is 14.7 Å². The van der Waals surface area contributed by atoms with Crippen molar-refractivity contribution in [2.45, 2.75) is 6.92 Å². The van der Waals surface area contributed by atoms with Crippen LogP contribution >= 0.6 is 0 Å². The van der Waals surface area contributed by atoms with Gasteiger partial charge in [0.05, 0.1) is 22.5 Å². The Morgan fingerprint density at radius 1 is 1.25 bits per heavy atom. The van der Waals surface area contributed by atoms with Crippen molar-refractivity contribution in [3.8, 4) is 0 Å². The number of aryl methyl sites for hydroxylation is 2. The number of benzene rings is 1. The van der Waals surface area contributed by atoms with E-state index < -0.39 is 5.97 Å². The Morgan fingerprint density at radius 3 is 2.45 bits per heavy atom. The van der Waals surface area contributed by atoms with Crippen LogP contribution in [0.2, 0.25) is 0 Å². The van der Waals surface area contributed by atoms with Crippen LogP contribution in [0.1, 0.15) is 26.4 Å². The minimum atomic E-state index is -1.07. The standard InChI is InChI=1S/C14H15N3O3/c1-9-11(8-16(2)15-9)13(18)17(3)12-7-5-4-6-10(12)14(19)20/h4-8H,1-3H3,(H,19,20). The second kappa shape index (κ2) is 5.16. The Balaban J connectivity index is 2.41. The van der Waals surface area contributed by atoms with E-state index in [0.29, 0.717) is 16.9 Å². The highest BCUT2D eigenvalue weighted by Gasteiger charge is 2.21. The van der Waals surface area contributed by atoms with Crippen LogP contribution in [0.15, 0.2) is 30.5 Å². The van der Waals surface area contributed by atoms with Crippen LogP contribution < -0.4 is 4.90 Å². The first-order valence-electron chi connectivity index (χ1n) is 6.02. The summed E-state index contributed by atoms with van der Waals surface area (Å²) in [6.45, 7) is 1.74. The van der Waals surface area contributed by atoms with E-state index in [0.717, 1.165) is 0 Å². The lowest BCUT2D eigenvalue weighted by atomic mass is 10.1. The summed E-state index contributed by atoms with van der Waals surface area (Å²) in [5, 5.41) is 13.3. The van der Waals surface area contributed by atoms with Gasteiger partial charge >= 0.3 is 5.97 Å². The summed E-state index contributed by atoms with van der Waals surface area (Å²) in [6.07, 6.45) is 1.62. The number of carboxylic acids is 1. The normalized spacial score (nSPS) is 10.3. The maximum Gasteiger partial charge on any atom is 0.337 e. The molecule has 0 bridgehead atoms. The van der Waals surface area contributed by atoms with Crippen molar-refractivity contribution in [3.05, 3.63) is 47.3 Å². The molecule has 0 unspecified atom stereocenters. The van der Waals surface area contributed by atoms with Crippen LogP contribution in [0.5, 0.6) is 0 Å². The molecule has 2 rings (SSSR count). The second-order valence-corrected chi connectivity index (χ2v) is 4.49. The van der Waals surface area contributed by atoms with Crippen LogP contribution in [-0.4, -0.2) is 33.8 Å². The number of nitrogens with zero attached hydrogens (tertiary/aromatic N) is 3. The van der Waals surface area contributed by atoms with E-state index in [1.807, 2.05) is 0 Å². The van der Waals surface area contributed by atoms with E-state index in [2.05, 4.69) is 5.10 Å². The summed E-state index contributed by atoms with van der Waals surface area (Å²) < 4.78 is 1.56. The molecule has 1 heterocycles. The van der Waals surface area contributed by atoms with E-state index in [1.165, 1.54) is 11.0 Å². The summed E-state index contributed by atoms with van der Waals surface area (Å²) >= 11 is 0. The molecule has 1 amide bonds. The lowest BCUT2D eigenvalue weighted by Crippen LogP contribution is -2.28. The maximum absolute atomic E-state index is 12.4. The molecular weight excluding hydrogens is 258 g/mol. The van der Waals surface area contributed by atoms with Gasteiger partial charge in [0.1, 0.15) is 0 Å². The number of amides is 1. The Morgan fingerprint density at radius 2 is 1.90 bits per heavy atom. The number of carboxylic acid groups (broad SMARTS) is 1. The monoisotopic (exact) mass is 273 g/mol. The lowest BCUT2D eigenvalue weighted by molar-refractivity contribution is 0.0697. The van der Waals surface area contributed by atoms with Gasteiger partial charge in [-0.25, -0.2) is 4.79 Å². The first-order valence-corrected chi connectivity index (χ1v) is 6.02. The summed E-state index contributed by atoms with van der Waals surface area (Å²) in [5.41, 5.74) is 1.51. The molecule has 1 N–H and O–H groups in total. The Kier molecular flexibility index (Phi) is 3.56. The number of carbonyl (C=O) groups excluding carboxylic acids is 1. The van der Waals surface area contributed by atoms with Crippen LogP contribution in [-0.2, 0) is 7.05 Å². The molecular formula is C14H15N3O3. The highest BCUT2D eigenvalue weighted by atomic mass is 16.4. The maximum atomic E-state index is 12.4. The summed E-state index contributed by atoms with van der Waals surface area (Å²) in [7, 11) is 3.28. The molecule has 0 spiro atoms. The number of aromatic carboxylic acids is 1. The summed E-state index contributed by atoms with van der Waals surface area (Å²) in [6, 6.07) is 6.40. The van der Waals surface area contributed by atoms with Gasteiger partial charge in [-0.2, -0.15) is 5.10 Å². The van der Waals surface area contributed by atoms with Crippen LogP contribution in [0, 0.1) is 6.92 Å². The first kappa shape index (κ1) is 13.8. The fourth-order valence-electron chi connectivity index (χ4n) is 2.05. The first-order chi connectivity index (χ1) is 9.41. The molecule has 20 heavy (non-hydrogen) atoms. The topological polar surface area (TPSA) is 75.4 Å². The number of aromatic nitrogens is 2. The molecule has 0 saturated heterocycles. The minimum absolute atomic E-state index is 0.0879. The van der Waals surface area contributed by atoms with Gasteiger partial charge < -0.3 is 10.0 Å². The quantitative estimate of drug-likeness (QED) is 0.923. The molecule has 0 saturated carbocycles. The van der Waals surface area contributed by atoms with Crippen molar-refractivity contribution in [1.29, 1.82) is 0 Å². The number of anilines is 1. The van der Waals surface area contributed by atoms with Crippen molar-refractivity contribution in [2.24, 2.45) is 7.05 Å². The molecule has 0 aliphatic heterocycles. The predicted molar refractivity (Wildman–Crippen MR) is 74.1 cm³/mol. The van der Waals surface area contributed by atoms with Crippen molar-refractivity contribution >= 4 is 17.6 Å². The average Bonchev–Trinajstić information content (AvgIpc) is 2.76. The number of rotatable bonds is 3. The second-order valence-electron chi connectivity index (χ2n) is 4.49. The Hall–Kier alpha value is -2.63. The van der Waals surface area contributed by atoms with E-state index in [4.69, 9.17) is 0 Å². The van der Waals surface area contributed by atoms with Gasteiger partial charge in [0, 0.05) is 20.3 Å². The Labute approximate surface area is 116 Å². The van der Waals surface area contributed by atoms with Crippen molar-refractivity contribution < 1.29 is 14.7 Å². The van der Waals surface area contributed by atoms with Gasteiger partial charge in [0.15, 0.2) is 0 Å².